The highest BCUT2D eigenvalue weighted by molar-refractivity contribution is 5.97. The second-order valence-electron chi connectivity index (χ2n) is 5.66. The Morgan fingerprint density at radius 1 is 1.48 bits per heavy atom. The first-order valence-electron chi connectivity index (χ1n) is 7.19. The highest BCUT2D eigenvalue weighted by Crippen LogP contribution is 2.19. The number of carbonyl (C=O) groups excluding carboxylic acids is 1. The molecule has 0 aliphatic carbocycles. The molecule has 0 saturated carbocycles. The van der Waals surface area contributed by atoms with E-state index in [2.05, 4.69) is 4.98 Å². The molecule has 3 rings (SSSR count). The summed E-state index contributed by atoms with van der Waals surface area (Å²) in [5, 5.41) is 9.26. The molecular formula is C15H19N3O3. The number of carbonyl (C=O) groups is 1. The number of aromatic nitrogens is 2. The highest BCUT2D eigenvalue weighted by Gasteiger charge is 2.24. The Balaban J connectivity index is 1.89. The molecule has 1 aliphatic rings. The largest absolute Gasteiger partial charge is 0.396 e. The number of imidazole rings is 1. The van der Waals surface area contributed by atoms with Crippen LogP contribution >= 0.6 is 0 Å². The van der Waals surface area contributed by atoms with Gasteiger partial charge >= 0.3 is 5.69 Å². The fourth-order valence-electron chi connectivity index (χ4n) is 2.95. The third kappa shape index (κ3) is 2.47. The van der Waals surface area contributed by atoms with Gasteiger partial charge in [0.05, 0.1) is 11.0 Å². The number of likely N-dealkylation sites (tertiary alicyclic amines) is 1. The Kier molecular flexibility index (Phi) is 3.55. The maximum Gasteiger partial charge on any atom is 0.326 e. The molecule has 0 radical (unpaired) electrons. The van der Waals surface area contributed by atoms with Gasteiger partial charge in [-0.1, -0.05) is 0 Å². The lowest BCUT2D eigenvalue weighted by Crippen LogP contribution is -2.40. The topological polar surface area (TPSA) is 78.3 Å². The van der Waals surface area contributed by atoms with Gasteiger partial charge in [0.25, 0.3) is 5.91 Å². The standard InChI is InChI=1S/C15H19N3O3/c1-17-13-5-4-11(7-12(13)16-15(17)21)14(20)18-6-2-3-10(8-18)9-19/h4-5,7,10,19H,2-3,6,8-9H2,1H3,(H,16,21). The van der Waals surface area contributed by atoms with Gasteiger partial charge in [0.15, 0.2) is 0 Å². The monoisotopic (exact) mass is 289 g/mol. The minimum absolute atomic E-state index is 0.0419. The van der Waals surface area contributed by atoms with E-state index >= 15 is 0 Å². The molecule has 0 spiro atoms. The SMILES string of the molecule is Cn1c(=O)[nH]c2cc(C(=O)N3CCCC(CO)C3)ccc21. The second kappa shape index (κ2) is 5.37. The molecule has 2 aromatic rings. The van der Waals surface area contributed by atoms with Crippen LogP contribution in [-0.2, 0) is 7.05 Å². The quantitative estimate of drug-likeness (QED) is 0.854. The van der Waals surface area contributed by atoms with Gasteiger partial charge < -0.3 is 15.0 Å². The molecule has 21 heavy (non-hydrogen) atoms. The van der Waals surface area contributed by atoms with Crippen LogP contribution in [0.25, 0.3) is 11.0 Å². The van der Waals surface area contributed by atoms with Crippen molar-refractivity contribution < 1.29 is 9.90 Å². The van der Waals surface area contributed by atoms with Gasteiger partial charge in [0.1, 0.15) is 0 Å². The van der Waals surface area contributed by atoms with E-state index in [0.717, 1.165) is 24.9 Å². The maximum atomic E-state index is 12.5. The predicted molar refractivity (Wildman–Crippen MR) is 79.3 cm³/mol. The summed E-state index contributed by atoms with van der Waals surface area (Å²) in [6.07, 6.45) is 1.88. The van der Waals surface area contributed by atoms with Gasteiger partial charge in [0, 0.05) is 32.3 Å². The van der Waals surface area contributed by atoms with E-state index in [1.165, 1.54) is 4.57 Å². The summed E-state index contributed by atoms with van der Waals surface area (Å²) in [4.78, 5) is 28.7. The zero-order valence-electron chi connectivity index (χ0n) is 12.0. The number of aromatic amines is 1. The predicted octanol–water partition coefficient (Wildman–Crippen LogP) is 0.711. The van der Waals surface area contributed by atoms with E-state index in [-0.39, 0.29) is 24.1 Å². The molecule has 112 valence electrons. The number of nitrogens with one attached hydrogen (secondary N) is 1. The van der Waals surface area contributed by atoms with Crippen molar-refractivity contribution in [3.05, 3.63) is 34.2 Å². The number of aryl methyl sites for hydroxylation is 1. The van der Waals surface area contributed by atoms with Crippen molar-refractivity contribution in [1.82, 2.24) is 14.5 Å². The Bertz CT molecular complexity index is 731. The summed E-state index contributed by atoms with van der Waals surface area (Å²) in [6, 6.07) is 5.26. The van der Waals surface area contributed by atoms with Crippen molar-refractivity contribution in [2.75, 3.05) is 19.7 Å². The molecule has 1 amide bonds. The molecule has 0 bridgehead atoms. The molecule has 1 aromatic carbocycles. The van der Waals surface area contributed by atoms with Crippen LogP contribution in [0.3, 0.4) is 0 Å². The number of hydrogen-bond acceptors (Lipinski definition) is 3. The number of aliphatic hydroxyl groups is 1. The fraction of sp³-hybridized carbons (Fsp3) is 0.467. The first kappa shape index (κ1) is 13.9. The number of piperidine rings is 1. The summed E-state index contributed by atoms with van der Waals surface area (Å²) in [5.41, 5.74) is 1.84. The third-order valence-corrected chi connectivity index (χ3v) is 4.22. The Morgan fingerprint density at radius 3 is 3.05 bits per heavy atom. The third-order valence-electron chi connectivity index (χ3n) is 4.22. The van der Waals surface area contributed by atoms with E-state index in [4.69, 9.17) is 0 Å². The van der Waals surface area contributed by atoms with E-state index in [0.29, 0.717) is 17.6 Å². The summed E-state index contributed by atoms with van der Waals surface area (Å²) >= 11 is 0. The first-order chi connectivity index (χ1) is 10.1. The van der Waals surface area contributed by atoms with Crippen molar-refractivity contribution in [3.8, 4) is 0 Å². The Morgan fingerprint density at radius 2 is 2.29 bits per heavy atom. The van der Waals surface area contributed by atoms with E-state index in [9.17, 15) is 14.7 Å². The average molecular weight is 289 g/mol. The molecule has 1 fully saturated rings. The van der Waals surface area contributed by atoms with E-state index in [1.807, 2.05) is 0 Å². The summed E-state index contributed by atoms with van der Waals surface area (Å²) in [6.45, 7) is 1.44. The lowest BCUT2D eigenvalue weighted by atomic mass is 9.98. The number of aliphatic hydroxyl groups excluding tert-OH is 1. The molecule has 1 aliphatic heterocycles. The van der Waals surface area contributed by atoms with Gasteiger partial charge in [-0.15, -0.1) is 0 Å². The number of benzene rings is 1. The molecule has 1 saturated heterocycles. The van der Waals surface area contributed by atoms with Crippen molar-refractivity contribution in [2.24, 2.45) is 13.0 Å². The molecule has 6 heteroatoms. The van der Waals surface area contributed by atoms with Gasteiger partial charge in [0.2, 0.25) is 0 Å². The summed E-state index contributed by atoms with van der Waals surface area (Å²) in [7, 11) is 1.69. The van der Waals surface area contributed by atoms with Crippen LogP contribution in [0.1, 0.15) is 23.2 Å². The first-order valence-corrected chi connectivity index (χ1v) is 7.19. The highest BCUT2D eigenvalue weighted by atomic mass is 16.3. The minimum atomic E-state index is -0.187. The Labute approximate surface area is 122 Å². The minimum Gasteiger partial charge on any atom is -0.396 e. The smallest absolute Gasteiger partial charge is 0.326 e. The van der Waals surface area contributed by atoms with Gasteiger partial charge in [-0.25, -0.2) is 4.79 Å². The molecule has 2 N–H and O–H groups in total. The second-order valence-corrected chi connectivity index (χ2v) is 5.66. The van der Waals surface area contributed by atoms with Crippen LogP contribution in [0.2, 0.25) is 0 Å². The van der Waals surface area contributed by atoms with Gasteiger partial charge in [-0.3, -0.25) is 9.36 Å². The number of rotatable bonds is 2. The van der Waals surface area contributed by atoms with E-state index < -0.39 is 0 Å². The van der Waals surface area contributed by atoms with Crippen LogP contribution in [0, 0.1) is 5.92 Å². The number of amides is 1. The molecule has 2 heterocycles. The van der Waals surface area contributed by atoms with Crippen LogP contribution in [0.15, 0.2) is 23.0 Å². The van der Waals surface area contributed by atoms with Crippen molar-refractivity contribution in [2.45, 2.75) is 12.8 Å². The van der Waals surface area contributed by atoms with Crippen molar-refractivity contribution in [1.29, 1.82) is 0 Å². The van der Waals surface area contributed by atoms with Crippen LogP contribution in [0.4, 0.5) is 0 Å². The van der Waals surface area contributed by atoms with Crippen molar-refractivity contribution in [3.63, 3.8) is 0 Å². The van der Waals surface area contributed by atoms with Gasteiger partial charge in [-0.05, 0) is 37.0 Å². The lowest BCUT2D eigenvalue weighted by molar-refractivity contribution is 0.0621. The summed E-state index contributed by atoms with van der Waals surface area (Å²) < 4.78 is 1.52. The number of hydrogen-bond donors (Lipinski definition) is 2. The summed E-state index contributed by atoms with van der Waals surface area (Å²) in [5.74, 6) is 0.128. The molecule has 1 atom stereocenters. The molecule has 6 nitrogen and oxygen atoms in total. The number of H-pyrrole nitrogens is 1. The Hall–Kier alpha value is -2.08. The lowest BCUT2D eigenvalue weighted by Gasteiger charge is -2.31. The maximum absolute atomic E-state index is 12.5. The average Bonchev–Trinajstić information content (AvgIpc) is 2.81. The van der Waals surface area contributed by atoms with Crippen LogP contribution in [-0.4, -0.2) is 45.2 Å². The molecule has 1 aromatic heterocycles. The fourth-order valence-corrected chi connectivity index (χ4v) is 2.95. The van der Waals surface area contributed by atoms with Gasteiger partial charge in [-0.2, -0.15) is 0 Å². The number of nitrogens with zero attached hydrogens (tertiary/aromatic N) is 2. The van der Waals surface area contributed by atoms with Crippen LogP contribution in [0.5, 0.6) is 0 Å². The van der Waals surface area contributed by atoms with Crippen molar-refractivity contribution >= 4 is 16.9 Å². The normalized spacial score (nSPS) is 19.1. The molecule has 1 unspecified atom stereocenters. The molecular weight excluding hydrogens is 270 g/mol. The zero-order valence-corrected chi connectivity index (χ0v) is 12.0. The van der Waals surface area contributed by atoms with E-state index in [1.54, 1.807) is 30.1 Å². The van der Waals surface area contributed by atoms with Crippen LogP contribution < -0.4 is 5.69 Å². The zero-order chi connectivity index (χ0) is 15.0. The number of fused-ring (bicyclic) bond motifs is 1.